The third-order valence-electron chi connectivity index (χ3n) is 6.24. The third-order valence-corrected chi connectivity index (χ3v) is 8.12. The fraction of sp³-hybridized carbons (Fsp3) is 0.524. The van der Waals surface area contributed by atoms with E-state index >= 15 is 0 Å². The molecule has 0 radical (unpaired) electrons. The minimum Gasteiger partial charge on any atom is -0.473 e. The Morgan fingerprint density at radius 2 is 1.78 bits per heavy atom. The van der Waals surface area contributed by atoms with Crippen LogP contribution in [-0.2, 0) is 16.2 Å². The number of hydrogen-bond donors (Lipinski definition) is 0. The zero-order chi connectivity index (χ0) is 22.5. The van der Waals surface area contributed by atoms with Gasteiger partial charge >= 0.3 is 6.18 Å². The SMILES string of the molecule is O=S(=O)(c1ccc(C(F)(F)F)cc1)N1CCN2C[C@H](Oc3ccnc(C4CC4)n3)C[C@H]2C1. The maximum absolute atomic E-state index is 13.0. The van der Waals surface area contributed by atoms with Gasteiger partial charge in [0.15, 0.2) is 0 Å². The molecule has 11 heteroatoms. The van der Waals surface area contributed by atoms with Crippen LogP contribution in [0.25, 0.3) is 0 Å². The molecular weight excluding hydrogens is 445 g/mol. The van der Waals surface area contributed by atoms with Crippen LogP contribution in [0.2, 0.25) is 0 Å². The Kier molecular flexibility index (Phi) is 5.37. The molecule has 7 nitrogen and oxygen atoms in total. The summed E-state index contributed by atoms with van der Waals surface area (Å²) in [6.07, 6.45) is -0.0395. The fourth-order valence-corrected chi connectivity index (χ4v) is 5.84. The lowest BCUT2D eigenvalue weighted by Crippen LogP contribution is -2.51. The number of nitrogens with zero attached hydrogens (tertiary/aromatic N) is 4. The van der Waals surface area contributed by atoms with Gasteiger partial charge in [-0.05, 0) is 37.1 Å². The van der Waals surface area contributed by atoms with E-state index < -0.39 is 21.8 Å². The van der Waals surface area contributed by atoms with Gasteiger partial charge in [0.25, 0.3) is 0 Å². The number of ether oxygens (including phenoxy) is 1. The van der Waals surface area contributed by atoms with Crippen molar-refractivity contribution >= 4 is 10.0 Å². The van der Waals surface area contributed by atoms with Gasteiger partial charge in [-0.15, -0.1) is 0 Å². The number of piperazine rings is 1. The molecule has 2 aliphatic heterocycles. The van der Waals surface area contributed by atoms with Crippen molar-refractivity contribution in [1.82, 2.24) is 19.2 Å². The average Bonchev–Trinajstić information content (AvgIpc) is 3.53. The van der Waals surface area contributed by atoms with E-state index in [9.17, 15) is 21.6 Å². The first-order chi connectivity index (χ1) is 15.2. The first-order valence-corrected chi connectivity index (χ1v) is 12.1. The van der Waals surface area contributed by atoms with Gasteiger partial charge in [-0.3, -0.25) is 4.90 Å². The minimum absolute atomic E-state index is 0.0114. The van der Waals surface area contributed by atoms with Crippen LogP contribution < -0.4 is 4.74 Å². The number of rotatable bonds is 5. The Labute approximate surface area is 184 Å². The minimum atomic E-state index is -4.50. The maximum Gasteiger partial charge on any atom is 0.416 e. The second-order valence-electron chi connectivity index (χ2n) is 8.54. The zero-order valence-electron chi connectivity index (χ0n) is 17.2. The number of alkyl halides is 3. The third kappa shape index (κ3) is 4.33. The van der Waals surface area contributed by atoms with E-state index in [2.05, 4.69) is 14.9 Å². The maximum atomic E-state index is 13.0. The summed E-state index contributed by atoms with van der Waals surface area (Å²) >= 11 is 0. The number of sulfonamides is 1. The molecule has 1 aromatic heterocycles. The molecule has 5 rings (SSSR count). The predicted molar refractivity (Wildman–Crippen MR) is 109 cm³/mol. The van der Waals surface area contributed by atoms with Crippen LogP contribution in [0.4, 0.5) is 13.2 Å². The highest BCUT2D eigenvalue weighted by atomic mass is 32.2. The monoisotopic (exact) mass is 468 g/mol. The number of benzene rings is 1. The van der Waals surface area contributed by atoms with Gasteiger partial charge < -0.3 is 4.74 Å². The van der Waals surface area contributed by atoms with E-state index in [4.69, 9.17) is 4.74 Å². The molecule has 0 amide bonds. The topological polar surface area (TPSA) is 75.6 Å². The van der Waals surface area contributed by atoms with Crippen LogP contribution in [0.5, 0.6) is 5.88 Å². The first kappa shape index (κ1) is 21.6. The Hall–Kier alpha value is -2.24. The number of aromatic nitrogens is 2. The highest BCUT2D eigenvalue weighted by Gasteiger charge is 2.41. The summed E-state index contributed by atoms with van der Waals surface area (Å²) in [6, 6.07) is 5.39. The lowest BCUT2D eigenvalue weighted by Gasteiger charge is -2.36. The normalized spacial score (nSPS) is 25.0. The van der Waals surface area contributed by atoms with E-state index in [0.717, 1.165) is 42.9 Å². The number of fused-ring (bicyclic) bond motifs is 1. The van der Waals surface area contributed by atoms with E-state index in [1.807, 2.05) is 0 Å². The summed E-state index contributed by atoms with van der Waals surface area (Å²) in [6.45, 7) is 1.79. The Morgan fingerprint density at radius 3 is 2.47 bits per heavy atom. The summed E-state index contributed by atoms with van der Waals surface area (Å²) in [5, 5.41) is 0. The molecule has 3 aliphatic rings. The zero-order valence-corrected chi connectivity index (χ0v) is 18.0. The molecule has 2 atom stereocenters. The van der Waals surface area contributed by atoms with Crippen molar-refractivity contribution in [2.75, 3.05) is 26.2 Å². The molecule has 1 aliphatic carbocycles. The van der Waals surface area contributed by atoms with Crippen LogP contribution >= 0.6 is 0 Å². The molecule has 2 saturated heterocycles. The van der Waals surface area contributed by atoms with Crippen LogP contribution in [0.3, 0.4) is 0 Å². The summed E-state index contributed by atoms with van der Waals surface area (Å²) in [5.74, 6) is 1.78. The summed E-state index contributed by atoms with van der Waals surface area (Å²) in [4.78, 5) is 10.9. The molecule has 0 spiro atoms. The molecule has 1 aromatic carbocycles. The first-order valence-electron chi connectivity index (χ1n) is 10.6. The second kappa shape index (κ2) is 7.96. The van der Waals surface area contributed by atoms with E-state index in [1.165, 1.54) is 4.31 Å². The molecule has 3 heterocycles. The fourth-order valence-electron chi connectivity index (χ4n) is 4.37. The predicted octanol–water partition coefficient (Wildman–Crippen LogP) is 2.90. The summed E-state index contributed by atoms with van der Waals surface area (Å²) in [7, 11) is -3.87. The molecule has 32 heavy (non-hydrogen) atoms. The molecular formula is C21H23F3N4O3S. The van der Waals surface area contributed by atoms with Gasteiger partial charge in [0.05, 0.1) is 10.5 Å². The highest BCUT2D eigenvalue weighted by Crippen LogP contribution is 2.38. The second-order valence-corrected chi connectivity index (χ2v) is 10.5. The van der Waals surface area contributed by atoms with Gasteiger partial charge in [-0.1, -0.05) is 0 Å². The molecule has 0 N–H and O–H groups in total. The van der Waals surface area contributed by atoms with Crippen LogP contribution in [-0.4, -0.2) is 65.9 Å². The van der Waals surface area contributed by atoms with Crippen molar-refractivity contribution in [3.8, 4) is 5.88 Å². The van der Waals surface area contributed by atoms with Crippen molar-refractivity contribution in [2.24, 2.45) is 0 Å². The molecule has 2 aromatic rings. The average molecular weight is 469 g/mol. The van der Waals surface area contributed by atoms with Crippen LogP contribution in [0.1, 0.15) is 36.6 Å². The van der Waals surface area contributed by atoms with Crippen LogP contribution in [0, 0.1) is 0 Å². The Balaban J connectivity index is 1.24. The summed E-state index contributed by atoms with van der Waals surface area (Å²) in [5.41, 5.74) is -0.869. The van der Waals surface area contributed by atoms with Gasteiger partial charge in [0.2, 0.25) is 15.9 Å². The quantitative estimate of drug-likeness (QED) is 0.672. The molecule has 1 saturated carbocycles. The van der Waals surface area contributed by atoms with Gasteiger partial charge in [0.1, 0.15) is 11.9 Å². The molecule has 0 bridgehead atoms. The molecule has 3 fully saturated rings. The summed E-state index contributed by atoms with van der Waals surface area (Å²) < 4.78 is 71.8. The van der Waals surface area contributed by atoms with E-state index in [-0.39, 0.29) is 30.1 Å². The van der Waals surface area contributed by atoms with Crippen molar-refractivity contribution in [3.63, 3.8) is 0 Å². The lowest BCUT2D eigenvalue weighted by molar-refractivity contribution is -0.137. The standard InChI is InChI=1S/C21H23F3N4O3S/c22-21(23,24)15-3-5-18(6-4-15)32(29,30)28-10-9-27-13-17(11-16(27)12-28)31-19-7-8-25-20(26-19)14-1-2-14/h3-8,14,16-17H,1-2,9-13H2/t16-,17+/m0/s1. The van der Waals surface area contributed by atoms with Gasteiger partial charge in [-0.25, -0.2) is 13.4 Å². The number of halogens is 3. The molecule has 0 unspecified atom stereocenters. The highest BCUT2D eigenvalue weighted by molar-refractivity contribution is 7.89. The van der Waals surface area contributed by atoms with Gasteiger partial charge in [0, 0.05) is 56.8 Å². The van der Waals surface area contributed by atoms with E-state index in [1.54, 1.807) is 12.3 Å². The van der Waals surface area contributed by atoms with Crippen molar-refractivity contribution < 1.29 is 26.3 Å². The van der Waals surface area contributed by atoms with Crippen LogP contribution in [0.15, 0.2) is 41.4 Å². The Bertz CT molecular complexity index is 1090. The smallest absolute Gasteiger partial charge is 0.416 e. The van der Waals surface area contributed by atoms with Crippen molar-refractivity contribution in [2.45, 2.75) is 48.4 Å². The van der Waals surface area contributed by atoms with Crippen molar-refractivity contribution in [3.05, 3.63) is 47.9 Å². The Morgan fingerprint density at radius 1 is 1.03 bits per heavy atom. The largest absolute Gasteiger partial charge is 0.473 e. The number of hydrogen-bond acceptors (Lipinski definition) is 6. The van der Waals surface area contributed by atoms with Gasteiger partial charge in [-0.2, -0.15) is 22.5 Å². The lowest BCUT2D eigenvalue weighted by atomic mass is 10.2. The van der Waals surface area contributed by atoms with E-state index in [0.29, 0.717) is 31.3 Å². The molecule has 172 valence electrons. The van der Waals surface area contributed by atoms with Crippen molar-refractivity contribution in [1.29, 1.82) is 0 Å².